The molecule has 0 amide bonds. The SMILES string of the molecule is COc1ccccc1CC(C)N(C)CC(C)(N)C1CC1. The number of likely N-dealkylation sites (N-methyl/N-ethyl adjacent to an activating group) is 1. The van der Waals surface area contributed by atoms with Gasteiger partial charge in [-0.15, -0.1) is 0 Å². The Morgan fingerprint density at radius 1 is 1.40 bits per heavy atom. The summed E-state index contributed by atoms with van der Waals surface area (Å²) < 4.78 is 5.43. The van der Waals surface area contributed by atoms with Crippen LogP contribution in [0.25, 0.3) is 0 Å². The van der Waals surface area contributed by atoms with Crippen molar-refractivity contribution < 1.29 is 4.74 Å². The molecule has 3 heteroatoms. The predicted molar refractivity (Wildman–Crippen MR) is 84.1 cm³/mol. The molecule has 112 valence electrons. The van der Waals surface area contributed by atoms with E-state index in [-0.39, 0.29) is 5.54 Å². The van der Waals surface area contributed by atoms with Gasteiger partial charge in [0.25, 0.3) is 0 Å². The minimum atomic E-state index is -0.0518. The van der Waals surface area contributed by atoms with Crippen LogP contribution in [0.2, 0.25) is 0 Å². The molecule has 1 aliphatic rings. The summed E-state index contributed by atoms with van der Waals surface area (Å²) in [5.41, 5.74) is 7.66. The van der Waals surface area contributed by atoms with Crippen LogP contribution < -0.4 is 10.5 Å². The highest BCUT2D eigenvalue weighted by Crippen LogP contribution is 2.38. The van der Waals surface area contributed by atoms with E-state index in [4.69, 9.17) is 10.5 Å². The second-order valence-corrected chi connectivity index (χ2v) is 6.56. The van der Waals surface area contributed by atoms with E-state index in [1.165, 1.54) is 18.4 Å². The molecule has 20 heavy (non-hydrogen) atoms. The molecule has 3 nitrogen and oxygen atoms in total. The zero-order chi connectivity index (χ0) is 14.8. The van der Waals surface area contributed by atoms with E-state index >= 15 is 0 Å². The molecule has 1 aliphatic carbocycles. The van der Waals surface area contributed by atoms with E-state index in [2.05, 4.69) is 37.9 Å². The van der Waals surface area contributed by atoms with Gasteiger partial charge in [-0.1, -0.05) is 18.2 Å². The summed E-state index contributed by atoms with van der Waals surface area (Å²) in [7, 11) is 3.91. The molecule has 2 unspecified atom stereocenters. The van der Waals surface area contributed by atoms with Crippen molar-refractivity contribution in [3.8, 4) is 5.75 Å². The summed E-state index contributed by atoms with van der Waals surface area (Å²) in [5, 5.41) is 0. The van der Waals surface area contributed by atoms with E-state index in [1.54, 1.807) is 7.11 Å². The Balaban J connectivity index is 1.95. The first-order chi connectivity index (χ1) is 9.44. The van der Waals surface area contributed by atoms with Gasteiger partial charge in [0.15, 0.2) is 0 Å². The van der Waals surface area contributed by atoms with Gasteiger partial charge in [0, 0.05) is 18.1 Å². The van der Waals surface area contributed by atoms with Crippen LogP contribution in [0, 0.1) is 5.92 Å². The van der Waals surface area contributed by atoms with Crippen molar-refractivity contribution in [1.82, 2.24) is 4.90 Å². The summed E-state index contributed by atoms with van der Waals surface area (Å²) in [4.78, 5) is 2.38. The molecule has 0 radical (unpaired) electrons. The molecule has 2 rings (SSSR count). The van der Waals surface area contributed by atoms with Gasteiger partial charge in [-0.05, 0) is 57.7 Å². The highest BCUT2D eigenvalue weighted by Gasteiger charge is 2.39. The topological polar surface area (TPSA) is 38.5 Å². The molecular weight excluding hydrogens is 248 g/mol. The van der Waals surface area contributed by atoms with Crippen LogP contribution in [0.3, 0.4) is 0 Å². The third-order valence-electron chi connectivity index (χ3n) is 4.56. The second kappa shape index (κ2) is 6.15. The maximum atomic E-state index is 6.44. The number of methoxy groups -OCH3 is 1. The van der Waals surface area contributed by atoms with Gasteiger partial charge < -0.3 is 15.4 Å². The monoisotopic (exact) mass is 276 g/mol. The lowest BCUT2D eigenvalue weighted by molar-refractivity contribution is 0.190. The summed E-state index contributed by atoms with van der Waals surface area (Å²) in [5.74, 6) is 1.69. The molecular formula is C17H28N2O. The number of rotatable bonds is 7. The molecule has 1 fully saturated rings. The van der Waals surface area contributed by atoms with Crippen LogP contribution in [0.5, 0.6) is 5.75 Å². The normalized spacial score (nSPS) is 19.7. The first-order valence-corrected chi connectivity index (χ1v) is 7.55. The molecule has 0 bridgehead atoms. The third-order valence-corrected chi connectivity index (χ3v) is 4.56. The molecule has 1 saturated carbocycles. The lowest BCUT2D eigenvalue weighted by atomic mass is 9.95. The fraction of sp³-hybridized carbons (Fsp3) is 0.647. The van der Waals surface area contributed by atoms with Gasteiger partial charge in [-0.2, -0.15) is 0 Å². The van der Waals surface area contributed by atoms with Gasteiger partial charge in [0.2, 0.25) is 0 Å². The molecule has 0 spiro atoms. The van der Waals surface area contributed by atoms with Crippen molar-refractivity contribution in [1.29, 1.82) is 0 Å². The largest absolute Gasteiger partial charge is 0.496 e. The minimum absolute atomic E-state index is 0.0518. The number of hydrogen-bond acceptors (Lipinski definition) is 3. The summed E-state index contributed by atoms with van der Waals surface area (Å²) in [6.45, 7) is 5.40. The van der Waals surface area contributed by atoms with E-state index in [9.17, 15) is 0 Å². The Labute approximate surface area is 123 Å². The quantitative estimate of drug-likeness (QED) is 0.832. The van der Waals surface area contributed by atoms with Gasteiger partial charge in [0.1, 0.15) is 5.75 Å². The van der Waals surface area contributed by atoms with Gasteiger partial charge >= 0.3 is 0 Å². The Kier molecular flexibility index (Phi) is 4.71. The van der Waals surface area contributed by atoms with Crippen molar-refractivity contribution in [3.63, 3.8) is 0 Å². The van der Waals surface area contributed by atoms with Crippen LogP contribution in [0.1, 0.15) is 32.3 Å². The highest BCUT2D eigenvalue weighted by atomic mass is 16.5. The summed E-state index contributed by atoms with van der Waals surface area (Å²) in [6.07, 6.45) is 3.57. The van der Waals surface area contributed by atoms with E-state index < -0.39 is 0 Å². The molecule has 1 aromatic carbocycles. The average molecular weight is 276 g/mol. The number of nitrogens with two attached hydrogens (primary N) is 1. The number of para-hydroxylation sites is 1. The van der Waals surface area contributed by atoms with Gasteiger partial charge in [0.05, 0.1) is 7.11 Å². The first kappa shape index (κ1) is 15.3. The Morgan fingerprint density at radius 2 is 2.05 bits per heavy atom. The highest BCUT2D eigenvalue weighted by molar-refractivity contribution is 5.33. The molecule has 0 heterocycles. The van der Waals surface area contributed by atoms with E-state index in [1.807, 2.05) is 12.1 Å². The van der Waals surface area contributed by atoms with Crippen LogP contribution >= 0.6 is 0 Å². The number of ether oxygens (including phenoxy) is 1. The van der Waals surface area contributed by atoms with Gasteiger partial charge in [-0.3, -0.25) is 0 Å². The van der Waals surface area contributed by atoms with E-state index in [0.717, 1.165) is 18.7 Å². The van der Waals surface area contributed by atoms with Crippen molar-refractivity contribution >= 4 is 0 Å². The fourth-order valence-electron chi connectivity index (χ4n) is 2.91. The zero-order valence-corrected chi connectivity index (χ0v) is 13.2. The van der Waals surface area contributed by atoms with Crippen molar-refractivity contribution in [2.24, 2.45) is 11.7 Å². The lowest BCUT2D eigenvalue weighted by Gasteiger charge is -2.34. The molecule has 0 aliphatic heterocycles. The Bertz CT molecular complexity index is 440. The standard InChI is InChI=1S/C17H28N2O/c1-13(11-14-7-5-6-8-16(14)20-4)19(3)12-17(2,18)15-9-10-15/h5-8,13,15H,9-12,18H2,1-4H3. The summed E-state index contributed by atoms with van der Waals surface area (Å²) >= 11 is 0. The second-order valence-electron chi connectivity index (χ2n) is 6.56. The van der Waals surface area contributed by atoms with Crippen LogP contribution in [0.4, 0.5) is 0 Å². The number of benzene rings is 1. The minimum Gasteiger partial charge on any atom is -0.496 e. The van der Waals surface area contributed by atoms with Crippen LogP contribution in [-0.2, 0) is 6.42 Å². The number of nitrogens with zero attached hydrogens (tertiary/aromatic N) is 1. The third kappa shape index (κ3) is 3.74. The number of hydrogen-bond donors (Lipinski definition) is 1. The average Bonchev–Trinajstić information content (AvgIpc) is 3.23. The fourth-order valence-corrected chi connectivity index (χ4v) is 2.91. The maximum absolute atomic E-state index is 6.44. The smallest absolute Gasteiger partial charge is 0.122 e. The van der Waals surface area contributed by atoms with Crippen molar-refractivity contribution in [2.45, 2.75) is 44.7 Å². The molecule has 1 aromatic rings. The molecule has 2 atom stereocenters. The van der Waals surface area contributed by atoms with Crippen molar-refractivity contribution in [2.75, 3.05) is 20.7 Å². The van der Waals surface area contributed by atoms with Crippen LogP contribution in [-0.4, -0.2) is 37.2 Å². The van der Waals surface area contributed by atoms with Crippen LogP contribution in [0.15, 0.2) is 24.3 Å². The Morgan fingerprint density at radius 3 is 2.65 bits per heavy atom. The summed E-state index contributed by atoms with van der Waals surface area (Å²) in [6, 6.07) is 8.71. The van der Waals surface area contributed by atoms with Crippen molar-refractivity contribution in [3.05, 3.63) is 29.8 Å². The Hall–Kier alpha value is -1.06. The molecule has 0 aromatic heterocycles. The molecule has 2 N–H and O–H groups in total. The zero-order valence-electron chi connectivity index (χ0n) is 13.2. The predicted octanol–water partition coefficient (Wildman–Crippen LogP) is 2.69. The van der Waals surface area contributed by atoms with Gasteiger partial charge in [-0.25, -0.2) is 0 Å². The van der Waals surface area contributed by atoms with E-state index in [0.29, 0.717) is 12.0 Å². The molecule has 0 saturated heterocycles. The maximum Gasteiger partial charge on any atom is 0.122 e. The lowest BCUT2D eigenvalue weighted by Crippen LogP contribution is -2.51. The first-order valence-electron chi connectivity index (χ1n) is 7.55.